The van der Waals surface area contributed by atoms with Crippen LogP contribution in [0, 0.1) is 0 Å². The van der Waals surface area contributed by atoms with Gasteiger partial charge in [0.25, 0.3) is 5.56 Å². The van der Waals surface area contributed by atoms with E-state index in [-0.39, 0.29) is 18.0 Å². The second kappa shape index (κ2) is 8.76. The van der Waals surface area contributed by atoms with Crippen LogP contribution in [0.25, 0.3) is 11.0 Å². The van der Waals surface area contributed by atoms with Gasteiger partial charge in [-0.2, -0.15) is 0 Å². The third kappa shape index (κ3) is 4.89. The number of nitrogens with zero attached hydrogens (tertiary/aromatic N) is 3. The van der Waals surface area contributed by atoms with Gasteiger partial charge in [-0.25, -0.2) is 4.98 Å². The summed E-state index contributed by atoms with van der Waals surface area (Å²) in [5, 5.41) is 2.93. The van der Waals surface area contributed by atoms with Crippen molar-refractivity contribution in [2.45, 2.75) is 38.6 Å². The van der Waals surface area contributed by atoms with E-state index in [0.717, 1.165) is 18.5 Å². The number of para-hydroxylation sites is 2. The minimum atomic E-state index is -0.251. The normalized spacial score (nSPS) is 15.8. The minimum Gasteiger partial charge on any atom is -0.355 e. The molecule has 0 spiro atoms. The number of nitrogens with one attached hydrogen (secondary N) is 1. The molecule has 2 heterocycles. The van der Waals surface area contributed by atoms with Crippen molar-refractivity contribution in [3.05, 3.63) is 40.8 Å². The van der Waals surface area contributed by atoms with Crippen LogP contribution in [0.1, 0.15) is 32.1 Å². The van der Waals surface area contributed by atoms with Crippen molar-refractivity contribution < 1.29 is 4.79 Å². The van der Waals surface area contributed by atoms with Crippen molar-refractivity contribution in [1.82, 2.24) is 19.8 Å². The second-order valence-electron chi connectivity index (χ2n) is 6.63. The fraction of sp³-hybridized carbons (Fsp3) is 0.526. The smallest absolute Gasteiger partial charge is 0.269 e. The molecule has 1 aliphatic rings. The Balaban J connectivity index is 1.50. The number of amides is 1. The quantitative estimate of drug-likeness (QED) is 0.813. The molecule has 0 atom stereocenters. The zero-order valence-electron chi connectivity index (χ0n) is 14.6. The third-order valence-corrected chi connectivity index (χ3v) is 4.73. The summed E-state index contributed by atoms with van der Waals surface area (Å²) in [5.74, 6) is -0.130. The summed E-state index contributed by atoms with van der Waals surface area (Å²) in [7, 11) is 0. The Morgan fingerprint density at radius 1 is 1.12 bits per heavy atom. The summed E-state index contributed by atoms with van der Waals surface area (Å²) in [6.07, 6.45) is 7.45. The predicted molar refractivity (Wildman–Crippen MR) is 98.5 cm³/mol. The average molecular weight is 342 g/mol. The van der Waals surface area contributed by atoms with Gasteiger partial charge in [0.05, 0.1) is 17.2 Å². The number of carbonyl (C=O) groups is 1. The lowest BCUT2D eigenvalue weighted by Crippen LogP contribution is -2.34. The summed E-state index contributed by atoms with van der Waals surface area (Å²) in [6.45, 7) is 4.05. The third-order valence-electron chi connectivity index (χ3n) is 4.73. The maximum atomic E-state index is 12.2. The Morgan fingerprint density at radius 2 is 1.88 bits per heavy atom. The minimum absolute atomic E-state index is 0.0333. The van der Waals surface area contributed by atoms with Gasteiger partial charge < -0.3 is 10.2 Å². The Morgan fingerprint density at radius 3 is 2.68 bits per heavy atom. The highest BCUT2D eigenvalue weighted by molar-refractivity contribution is 5.79. The van der Waals surface area contributed by atoms with Gasteiger partial charge in [-0.1, -0.05) is 25.0 Å². The molecule has 1 aromatic heterocycles. The molecule has 1 N–H and O–H groups in total. The summed E-state index contributed by atoms with van der Waals surface area (Å²) in [4.78, 5) is 30.9. The molecule has 0 bridgehead atoms. The molecule has 6 heteroatoms. The van der Waals surface area contributed by atoms with Crippen LogP contribution in [0.15, 0.2) is 35.3 Å². The van der Waals surface area contributed by atoms with Gasteiger partial charge in [-0.05, 0) is 51.0 Å². The Hall–Kier alpha value is -2.21. The van der Waals surface area contributed by atoms with Crippen molar-refractivity contribution in [3.8, 4) is 0 Å². The molecular formula is C19H26N4O2. The molecule has 134 valence electrons. The zero-order chi connectivity index (χ0) is 17.5. The highest BCUT2D eigenvalue weighted by Gasteiger charge is 2.10. The van der Waals surface area contributed by atoms with Crippen LogP contribution in [0.3, 0.4) is 0 Å². The lowest BCUT2D eigenvalue weighted by molar-refractivity contribution is -0.121. The van der Waals surface area contributed by atoms with E-state index in [2.05, 4.69) is 15.2 Å². The largest absolute Gasteiger partial charge is 0.355 e. The van der Waals surface area contributed by atoms with E-state index in [9.17, 15) is 9.59 Å². The molecule has 6 nitrogen and oxygen atoms in total. The van der Waals surface area contributed by atoms with Gasteiger partial charge in [0, 0.05) is 6.54 Å². The van der Waals surface area contributed by atoms with Crippen molar-refractivity contribution >= 4 is 16.9 Å². The maximum Gasteiger partial charge on any atom is 0.269 e. The molecule has 1 amide bonds. The summed E-state index contributed by atoms with van der Waals surface area (Å²) >= 11 is 0. The maximum absolute atomic E-state index is 12.2. The molecule has 0 saturated carbocycles. The monoisotopic (exact) mass is 342 g/mol. The number of benzene rings is 1. The molecule has 1 aromatic carbocycles. The van der Waals surface area contributed by atoms with E-state index < -0.39 is 0 Å². The number of hydrogen-bond donors (Lipinski definition) is 1. The molecule has 0 unspecified atom stereocenters. The van der Waals surface area contributed by atoms with E-state index >= 15 is 0 Å². The first-order valence-electron chi connectivity index (χ1n) is 9.18. The van der Waals surface area contributed by atoms with Gasteiger partial charge in [-0.3, -0.25) is 14.2 Å². The highest BCUT2D eigenvalue weighted by atomic mass is 16.2. The van der Waals surface area contributed by atoms with Crippen molar-refractivity contribution in [2.24, 2.45) is 0 Å². The van der Waals surface area contributed by atoms with Gasteiger partial charge in [0.15, 0.2) is 0 Å². The molecule has 1 fully saturated rings. The summed E-state index contributed by atoms with van der Waals surface area (Å²) < 4.78 is 1.48. The van der Waals surface area contributed by atoms with E-state index in [1.165, 1.54) is 49.5 Å². The molecule has 2 aromatic rings. The highest BCUT2D eigenvalue weighted by Crippen LogP contribution is 2.10. The van der Waals surface area contributed by atoms with Crippen LogP contribution < -0.4 is 10.9 Å². The van der Waals surface area contributed by atoms with Gasteiger partial charge in [-0.15, -0.1) is 0 Å². The predicted octanol–water partition coefficient (Wildman–Crippen LogP) is 1.78. The zero-order valence-corrected chi connectivity index (χ0v) is 14.6. The summed E-state index contributed by atoms with van der Waals surface area (Å²) in [6, 6.07) is 7.37. The van der Waals surface area contributed by atoms with Gasteiger partial charge >= 0.3 is 0 Å². The van der Waals surface area contributed by atoms with E-state index in [0.29, 0.717) is 12.1 Å². The molecular weight excluding hydrogens is 316 g/mol. The van der Waals surface area contributed by atoms with Crippen LogP contribution in [-0.2, 0) is 11.3 Å². The van der Waals surface area contributed by atoms with Crippen molar-refractivity contribution in [1.29, 1.82) is 0 Å². The number of hydrogen-bond acceptors (Lipinski definition) is 4. The van der Waals surface area contributed by atoms with Crippen LogP contribution in [-0.4, -0.2) is 46.5 Å². The Kier molecular flexibility index (Phi) is 6.17. The fourth-order valence-electron chi connectivity index (χ4n) is 3.37. The lowest BCUT2D eigenvalue weighted by Gasteiger charge is -2.19. The number of likely N-dealkylation sites (tertiary alicyclic amines) is 1. The van der Waals surface area contributed by atoms with Crippen molar-refractivity contribution in [3.63, 3.8) is 0 Å². The van der Waals surface area contributed by atoms with E-state index in [1.807, 2.05) is 24.3 Å². The van der Waals surface area contributed by atoms with E-state index in [4.69, 9.17) is 0 Å². The number of rotatable bonds is 6. The standard InChI is InChI=1S/C19H26N4O2/c24-18(20-10-7-13-22-11-5-1-2-6-12-22)15-23-17-9-4-3-8-16(17)21-14-19(23)25/h3-4,8-9,14H,1-2,5-7,10-13,15H2,(H,20,24). The first kappa shape index (κ1) is 17.6. The van der Waals surface area contributed by atoms with Crippen LogP contribution in [0.4, 0.5) is 0 Å². The fourth-order valence-corrected chi connectivity index (χ4v) is 3.37. The summed E-state index contributed by atoms with van der Waals surface area (Å²) in [5.41, 5.74) is 1.16. The van der Waals surface area contributed by atoms with E-state index in [1.54, 1.807) is 0 Å². The molecule has 1 saturated heterocycles. The van der Waals surface area contributed by atoms with Gasteiger partial charge in [0.1, 0.15) is 6.54 Å². The SMILES string of the molecule is O=C(Cn1c(=O)cnc2ccccc21)NCCCN1CCCCCC1. The number of fused-ring (bicyclic) bond motifs is 1. The van der Waals surface area contributed by atoms with Crippen LogP contribution in [0.5, 0.6) is 0 Å². The van der Waals surface area contributed by atoms with Crippen molar-refractivity contribution in [2.75, 3.05) is 26.2 Å². The molecule has 1 aliphatic heterocycles. The topological polar surface area (TPSA) is 67.2 Å². The first-order chi connectivity index (χ1) is 12.2. The molecule has 25 heavy (non-hydrogen) atoms. The Bertz CT molecular complexity index is 763. The first-order valence-corrected chi connectivity index (χ1v) is 9.18. The van der Waals surface area contributed by atoms with Crippen LogP contribution >= 0.6 is 0 Å². The van der Waals surface area contributed by atoms with Crippen LogP contribution in [0.2, 0.25) is 0 Å². The second-order valence-corrected chi connectivity index (χ2v) is 6.63. The lowest BCUT2D eigenvalue weighted by atomic mass is 10.2. The molecule has 3 rings (SSSR count). The average Bonchev–Trinajstić information content (AvgIpc) is 2.90. The molecule has 0 radical (unpaired) electrons. The molecule has 0 aliphatic carbocycles. The number of aromatic nitrogens is 2. The Labute approximate surface area is 147 Å². The number of carbonyl (C=O) groups excluding carboxylic acids is 1. The van der Waals surface area contributed by atoms with Gasteiger partial charge in [0.2, 0.25) is 5.91 Å².